The fourth-order valence-electron chi connectivity index (χ4n) is 0.913. The van der Waals surface area contributed by atoms with Gasteiger partial charge in [-0.15, -0.1) is 0 Å². The molecule has 0 saturated heterocycles. The summed E-state index contributed by atoms with van der Waals surface area (Å²) in [4.78, 5) is 0. The van der Waals surface area contributed by atoms with Gasteiger partial charge in [0.05, 0.1) is 0 Å². The fourth-order valence-corrected chi connectivity index (χ4v) is 0.913. The molecule has 0 unspecified atom stereocenters. The summed E-state index contributed by atoms with van der Waals surface area (Å²) in [6.45, 7) is 0.602. The minimum Gasteiger partial charge on any atom is -0.456 e. The van der Waals surface area contributed by atoms with Crippen molar-refractivity contribution in [3.63, 3.8) is 0 Å². The Hall–Kier alpha value is -0.970. The zero-order chi connectivity index (χ0) is 9.90. The molecule has 1 N–H and O–H groups in total. The predicted octanol–water partition coefficient (Wildman–Crippen LogP) is 2.06. The van der Waals surface area contributed by atoms with Gasteiger partial charge in [-0.1, -0.05) is 0 Å². The van der Waals surface area contributed by atoms with E-state index in [1.807, 2.05) is 0 Å². The lowest BCUT2D eigenvalue weighted by molar-refractivity contribution is -0.153. The molecule has 0 radical (unpaired) electrons. The van der Waals surface area contributed by atoms with Crippen molar-refractivity contribution in [3.05, 3.63) is 23.7 Å². The van der Waals surface area contributed by atoms with Crippen LogP contribution in [0.4, 0.5) is 13.2 Å². The van der Waals surface area contributed by atoms with Gasteiger partial charge >= 0.3 is 6.18 Å². The fraction of sp³-hybridized carbons (Fsp3) is 0.500. The molecule has 74 valence electrons. The summed E-state index contributed by atoms with van der Waals surface area (Å²) in [7, 11) is 1.73. The van der Waals surface area contributed by atoms with Gasteiger partial charge in [-0.05, 0) is 19.2 Å². The van der Waals surface area contributed by atoms with E-state index < -0.39 is 11.9 Å². The number of hydrogen-bond donors (Lipinski definition) is 1. The summed E-state index contributed by atoms with van der Waals surface area (Å²) in [6.07, 6.45) is -3.91. The van der Waals surface area contributed by atoms with Gasteiger partial charge in [0.1, 0.15) is 5.76 Å². The highest BCUT2D eigenvalue weighted by Crippen LogP contribution is 2.30. The third-order valence-electron chi connectivity index (χ3n) is 1.56. The molecule has 0 spiro atoms. The maximum Gasteiger partial charge on any atom is 0.449 e. The molecule has 0 fully saturated rings. The molecule has 0 aliphatic heterocycles. The summed E-state index contributed by atoms with van der Waals surface area (Å²) < 4.78 is 40.6. The minimum absolute atomic E-state index is 0.349. The molecule has 13 heavy (non-hydrogen) atoms. The highest BCUT2D eigenvalue weighted by atomic mass is 19.4. The number of furan rings is 1. The maximum atomic E-state index is 12.0. The Bertz CT molecular complexity index is 267. The first kappa shape index (κ1) is 10.1. The van der Waals surface area contributed by atoms with E-state index in [1.54, 1.807) is 7.05 Å². The molecule has 0 atom stereocenters. The topological polar surface area (TPSA) is 25.2 Å². The highest BCUT2D eigenvalue weighted by Gasteiger charge is 2.34. The average Bonchev–Trinajstić information content (AvgIpc) is 2.47. The zero-order valence-electron chi connectivity index (χ0n) is 7.11. The van der Waals surface area contributed by atoms with Gasteiger partial charge in [0.25, 0.3) is 0 Å². The first-order valence-electron chi connectivity index (χ1n) is 3.84. The maximum absolute atomic E-state index is 12.0. The van der Waals surface area contributed by atoms with Crippen LogP contribution in [0.3, 0.4) is 0 Å². The van der Waals surface area contributed by atoms with Gasteiger partial charge in [-0.2, -0.15) is 13.2 Å². The van der Waals surface area contributed by atoms with Crippen LogP contribution in [0.2, 0.25) is 0 Å². The van der Waals surface area contributed by atoms with Crippen LogP contribution in [0.25, 0.3) is 0 Å². The Morgan fingerprint density at radius 2 is 2.08 bits per heavy atom. The van der Waals surface area contributed by atoms with Gasteiger partial charge in [-0.25, -0.2) is 0 Å². The smallest absolute Gasteiger partial charge is 0.449 e. The monoisotopic (exact) mass is 193 g/mol. The van der Waals surface area contributed by atoms with E-state index in [0.29, 0.717) is 18.7 Å². The second-order valence-electron chi connectivity index (χ2n) is 2.62. The first-order valence-corrected chi connectivity index (χ1v) is 3.84. The van der Waals surface area contributed by atoms with Crippen LogP contribution < -0.4 is 5.32 Å². The standard InChI is InChI=1S/C8H10F3NO/c1-12-5-4-6-2-3-7(13-6)8(9,10)11/h2-3,12H,4-5H2,1H3. The van der Waals surface area contributed by atoms with Gasteiger partial charge < -0.3 is 9.73 Å². The predicted molar refractivity (Wildman–Crippen MR) is 41.3 cm³/mol. The van der Waals surface area contributed by atoms with Gasteiger partial charge in [-0.3, -0.25) is 0 Å². The molecule has 5 heteroatoms. The zero-order valence-corrected chi connectivity index (χ0v) is 7.11. The van der Waals surface area contributed by atoms with E-state index in [0.717, 1.165) is 6.07 Å². The van der Waals surface area contributed by atoms with E-state index in [-0.39, 0.29) is 0 Å². The number of hydrogen-bond acceptors (Lipinski definition) is 2. The first-order chi connectivity index (χ1) is 6.04. The van der Waals surface area contributed by atoms with Crippen LogP contribution in [0.1, 0.15) is 11.5 Å². The molecule has 1 heterocycles. The molecule has 0 aliphatic rings. The third kappa shape index (κ3) is 2.77. The van der Waals surface area contributed by atoms with Crippen molar-refractivity contribution in [2.45, 2.75) is 12.6 Å². The number of halogens is 3. The van der Waals surface area contributed by atoms with Gasteiger partial charge in [0, 0.05) is 13.0 Å². The molecular weight excluding hydrogens is 183 g/mol. The van der Waals surface area contributed by atoms with Crippen molar-refractivity contribution >= 4 is 0 Å². The van der Waals surface area contributed by atoms with E-state index >= 15 is 0 Å². The Morgan fingerprint density at radius 3 is 2.54 bits per heavy atom. The lowest BCUT2D eigenvalue weighted by Crippen LogP contribution is -2.09. The van der Waals surface area contributed by atoms with Crippen molar-refractivity contribution in [1.29, 1.82) is 0 Å². The van der Waals surface area contributed by atoms with Crippen LogP contribution >= 0.6 is 0 Å². The minimum atomic E-state index is -4.38. The molecule has 0 saturated carbocycles. The van der Waals surface area contributed by atoms with Gasteiger partial charge in [0.15, 0.2) is 0 Å². The summed E-state index contributed by atoms with van der Waals surface area (Å²) in [5, 5.41) is 2.82. The molecular formula is C8H10F3NO. The average molecular weight is 193 g/mol. The lowest BCUT2D eigenvalue weighted by atomic mass is 10.3. The highest BCUT2D eigenvalue weighted by molar-refractivity contribution is 5.09. The van der Waals surface area contributed by atoms with Gasteiger partial charge in [0.2, 0.25) is 5.76 Å². The van der Waals surface area contributed by atoms with Crippen molar-refractivity contribution in [2.24, 2.45) is 0 Å². The number of rotatable bonds is 3. The van der Waals surface area contributed by atoms with Crippen LogP contribution in [-0.2, 0) is 12.6 Å². The summed E-state index contributed by atoms with van der Waals surface area (Å²) in [5.41, 5.74) is 0. The van der Waals surface area contributed by atoms with E-state index in [2.05, 4.69) is 9.73 Å². The van der Waals surface area contributed by atoms with Crippen LogP contribution in [0.5, 0.6) is 0 Å². The molecule has 2 nitrogen and oxygen atoms in total. The van der Waals surface area contributed by atoms with Crippen molar-refractivity contribution < 1.29 is 17.6 Å². The molecule has 1 aromatic rings. The number of alkyl halides is 3. The Labute approximate surface area is 73.7 Å². The second kappa shape index (κ2) is 3.83. The molecule has 1 rings (SSSR count). The van der Waals surface area contributed by atoms with E-state index in [9.17, 15) is 13.2 Å². The molecule has 0 bridgehead atoms. The van der Waals surface area contributed by atoms with Crippen LogP contribution in [-0.4, -0.2) is 13.6 Å². The summed E-state index contributed by atoms with van der Waals surface area (Å²) >= 11 is 0. The Balaban J connectivity index is 2.64. The second-order valence-corrected chi connectivity index (χ2v) is 2.62. The van der Waals surface area contributed by atoms with E-state index in [1.165, 1.54) is 6.07 Å². The summed E-state index contributed by atoms with van der Waals surface area (Å²) in [5.74, 6) is -0.583. The number of nitrogens with one attached hydrogen (secondary N) is 1. The third-order valence-corrected chi connectivity index (χ3v) is 1.56. The van der Waals surface area contributed by atoms with Crippen molar-refractivity contribution in [1.82, 2.24) is 5.32 Å². The Morgan fingerprint density at radius 1 is 1.38 bits per heavy atom. The SMILES string of the molecule is CNCCc1ccc(C(F)(F)F)o1. The number of likely N-dealkylation sites (N-methyl/N-ethyl adjacent to an activating group) is 1. The lowest BCUT2D eigenvalue weighted by Gasteiger charge is -2.00. The molecule has 1 aromatic heterocycles. The van der Waals surface area contributed by atoms with E-state index in [4.69, 9.17) is 0 Å². The van der Waals surface area contributed by atoms with Crippen LogP contribution in [0, 0.1) is 0 Å². The quantitative estimate of drug-likeness (QED) is 0.794. The van der Waals surface area contributed by atoms with Crippen LogP contribution in [0.15, 0.2) is 16.5 Å². The normalized spacial score (nSPS) is 12.0. The molecule has 0 amide bonds. The molecule has 0 aliphatic carbocycles. The van der Waals surface area contributed by atoms with Crippen molar-refractivity contribution in [2.75, 3.05) is 13.6 Å². The van der Waals surface area contributed by atoms with Crippen molar-refractivity contribution in [3.8, 4) is 0 Å². The Kier molecular flexibility index (Phi) is 2.98. The summed E-state index contributed by atoms with van der Waals surface area (Å²) in [6, 6.07) is 2.30. The molecule has 0 aromatic carbocycles. The largest absolute Gasteiger partial charge is 0.456 e.